The van der Waals surface area contributed by atoms with Crippen molar-refractivity contribution in [3.63, 3.8) is 0 Å². The predicted molar refractivity (Wildman–Crippen MR) is 126 cm³/mol. The Morgan fingerprint density at radius 2 is 1.68 bits per heavy atom. The molecule has 0 spiro atoms. The number of azo groups is 1. The van der Waals surface area contributed by atoms with Gasteiger partial charge in [-0.2, -0.15) is 0 Å². The number of aromatic nitrogens is 1. The van der Waals surface area contributed by atoms with Gasteiger partial charge in [-0.05, 0) is 72.4 Å². The first-order valence-corrected chi connectivity index (χ1v) is 10.3. The molecule has 0 saturated carbocycles. The Morgan fingerprint density at radius 3 is 2.39 bits per heavy atom. The van der Waals surface area contributed by atoms with Crippen LogP contribution in [-0.2, 0) is 6.54 Å². The number of nitrogens with one attached hydrogen (secondary N) is 1. The Hall–Kier alpha value is -3.00. The van der Waals surface area contributed by atoms with Crippen molar-refractivity contribution in [3.05, 3.63) is 88.2 Å². The molecule has 4 rings (SSSR count). The third-order valence-electron chi connectivity index (χ3n) is 4.56. The highest BCUT2D eigenvalue weighted by Gasteiger charge is 2.17. The molecule has 31 heavy (non-hydrogen) atoms. The molecule has 156 valence electrons. The van der Waals surface area contributed by atoms with Crippen molar-refractivity contribution < 1.29 is 9.50 Å². The maximum absolute atomic E-state index is 13.2. The number of hydrogen-bond acceptors (Lipinski definition) is 3. The number of benzene rings is 3. The van der Waals surface area contributed by atoms with Crippen molar-refractivity contribution >= 4 is 62.8 Å². The molecule has 0 aliphatic carbocycles. The molecule has 0 bridgehead atoms. The van der Waals surface area contributed by atoms with Gasteiger partial charge in [-0.15, -0.1) is 10.2 Å². The van der Waals surface area contributed by atoms with Crippen molar-refractivity contribution in [1.29, 1.82) is 0 Å². The van der Waals surface area contributed by atoms with Crippen molar-refractivity contribution in [3.8, 4) is 5.88 Å². The normalized spacial score (nSPS) is 11.3. The van der Waals surface area contributed by atoms with Crippen molar-refractivity contribution in [2.75, 3.05) is 5.32 Å². The number of hydrogen-bond donors (Lipinski definition) is 2. The van der Waals surface area contributed by atoms with Crippen LogP contribution in [0.2, 0.25) is 10.0 Å². The van der Waals surface area contributed by atoms with E-state index < -0.39 is 0 Å². The van der Waals surface area contributed by atoms with Crippen LogP contribution in [0, 0.1) is 5.82 Å². The number of anilines is 1. The summed E-state index contributed by atoms with van der Waals surface area (Å²) in [7, 11) is 0. The summed E-state index contributed by atoms with van der Waals surface area (Å²) in [6.45, 7) is 0.313. The van der Waals surface area contributed by atoms with E-state index in [1.807, 2.05) is 0 Å². The van der Waals surface area contributed by atoms with E-state index in [2.05, 4.69) is 15.5 Å². The summed E-state index contributed by atoms with van der Waals surface area (Å²) in [6.07, 6.45) is 0. The summed E-state index contributed by atoms with van der Waals surface area (Å²) in [5, 5.41) is 23.8. The van der Waals surface area contributed by atoms with E-state index >= 15 is 0 Å². The van der Waals surface area contributed by atoms with Crippen LogP contribution in [0.25, 0.3) is 10.9 Å². The van der Waals surface area contributed by atoms with Gasteiger partial charge in [-0.3, -0.25) is 0 Å². The van der Waals surface area contributed by atoms with E-state index in [0.717, 1.165) is 5.56 Å². The van der Waals surface area contributed by atoms with Crippen LogP contribution in [-0.4, -0.2) is 14.8 Å². The summed E-state index contributed by atoms with van der Waals surface area (Å²) in [5.41, 5.74) is 2.46. The standard InChI is InChI=1S/C22H15Cl2FN4OS/c23-14-3-8-17(9-4-14)26-22(31)28-27-20-18-11-15(24)5-10-19(18)29(21(20)30)12-13-1-6-16(25)7-2-13/h1-11,30H,12H2,(H,26,31). The van der Waals surface area contributed by atoms with Crippen LogP contribution in [0.1, 0.15) is 5.56 Å². The highest BCUT2D eigenvalue weighted by atomic mass is 35.5. The minimum absolute atomic E-state index is 0.0976. The lowest BCUT2D eigenvalue weighted by Gasteiger charge is -2.07. The van der Waals surface area contributed by atoms with Gasteiger partial charge in [0.25, 0.3) is 0 Å². The molecule has 5 nitrogen and oxygen atoms in total. The largest absolute Gasteiger partial charge is 0.493 e. The topological polar surface area (TPSA) is 61.9 Å². The molecule has 0 atom stereocenters. The van der Waals surface area contributed by atoms with Gasteiger partial charge in [0, 0.05) is 21.1 Å². The number of thiocarbonyl (C=S) groups is 1. The van der Waals surface area contributed by atoms with Gasteiger partial charge in [0.1, 0.15) is 5.82 Å². The second-order valence-electron chi connectivity index (χ2n) is 6.68. The van der Waals surface area contributed by atoms with E-state index in [1.54, 1.807) is 59.2 Å². The number of halogens is 3. The van der Waals surface area contributed by atoms with Crippen molar-refractivity contribution in [1.82, 2.24) is 4.57 Å². The fourth-order valence-corrected chi connectivity index (χ4v) is 3.56. The lowest BCUT2D eigenvalue weighted by Crippen LogP contribution is -2.04. The molecule has 0 amide bonds. The molecule has 0 unspecified atom stereocenters. The molecule has 0 aliphatic rings. The van der Waals surface area contributed by atoms with Gasteiger partial charge >= 0.3 is 0 Å². The number of nitrogens with zero attached hydrogens (tertiary/aromatic N) is 3. The molecule has 4 aromatic rings. The molecule has 0 saturated heterocycles. The second-order valence-corrected chi connectivity index (χ2v) is 7.94. The predicted octanol–water partition coefficient (Wildman–Crippen LogP) is 7.32. The molecule has 0 fully saturated rings. The van der Waals surface area contributed by atoms with E-state index in [-0.39, 0.29) is 22.5 Å². The summed E-state index contributed by atoms with van der Waals surface area (Å²) >= 11 is 17.3. The Kier molecular flexibility index (Phi) is 6.18. The Balaban J connectivity index is 1.66. The number of fused-ring (bicyclic) bond motifs is 1. The van der Waals surface area contributed by atoms with Crippen LogP contribution in [0.5, 0.6) is 5.88 Å². The lowest BCUT2D eigenvalue weighted by atomic mass is 10.2. The Bertz CT molecular complexity index is 1290. The van der Waals surface area contributed by atoms with Crippen LogP contribution in [0.3, 0.4) is 0 Å². The minimum atomic E-state index is -0.326. The maximum Gasteiger partial charge on any atom is 0.221 e. The zero-order chi connectivity index (χ0) is 22.0. The van der Waals surface area contributed by atoms with E-state index in [0.29, 0.717) is 33.2 Å². The molecule has 2 N–H and O–H groups in total. The van der Waals surface area contributed by atoms with Crippen molar-refractivity contribution in [2.45, 2.75) is 6.54 Å². The Labute approximate surface area is 192 Å². The van der Waals surface area contributed by atoms with Gasteiger partial charge in [0.2, 0.25) is 11.0 Å². The highest BCUT2D eigenvalue weighted by Crippen LogP contribution is 2.40. The van der Waals surface area contributed by atoms with Gasteiger partial charge < -0.3 is 15.0 Å². The van der Waals surface area contributed by atoms with Crippen LogP contribution in [0.15, 0.2) is 77.0 Å². The van der Waals surface area contributed by atoms with E-state index in [1.165, 1.54) is 12.1 Å². The van der Waals surface area contributed by atoms with Crippen molar-refractivity contribution in [2.24, 2.45) is 10.2 Å². The average molecular weight is 473 g/mol. The first-order chi connectivity index (χ1) is 14.9. The molecule has 0 radical (unpaired) electrons. The first kappa shape index (κ1) is 21.2. The van der Waals surface area contributed by atoms with Crippen LogP contribution in [0.4, 0.5) is 15.8 Å². The Morgan fingerprint density at radius 1 is 1.00 bits per heavy atom. The SMILES string of the molecule is Oc1c(N=NC(=S)Nc2ccc(Cl)cc2)c2cc(Cl)ccc2n1Cc1ccc(F)cc1. The molecular formula is C22H15Cl2FN4OS. The highest BCUT2D eigenvalue weighted by molar-refractivity contribution is 7.80. The van der Waals surface area contributed by atoms with Crippen LogP contribution < -0.4 is 5.32 Å². The zero-order valence-corrected chi connectivity index (χ0v) is 18.2. The molecule has 1 aromatic heterocycles. The minimum Gasteiger partial charge on any atom is -0.493 e. The van der Waals surface area contributed by atoms with Crippen LogP contribution >= 0.6 is 35.4 Å². The monoisotopic (exact) mass is 472 g/mol. The average Bonchev–Trinajstić information content (AvgIpc) is 3.00. The third-order valence-corrected chi connectivity index (χ3v) is 5.23. The maximum atomic E-state index is 13.2. The van der Waals surface area contributed by atoms with Gasteiger partial charge in [-0.1, -0.05) is 35.3 Å². The zero-order valence-electron chi connectivity index (χ0n) is 15.9. The molecule has 3 aromatic carbocycles. The van der Waals surface area contributed by atoms with Gasteiger partial charge in [-0.25, -0.2) is 4.39 Å². The third kappa shape index (κ3) is 4.85. The lowest BCUT2D eigenvalue weighted by molar-refractivity contribution is 0.429. The first-order valence-electron chi connectivity index (χ1n) is 9.14. The van der Waals surface area contributed by atoms with E-state index in [9.17, 15) is 9.50 Å². The van der Waals surface area contributed by atoms with Gasteiger partial charge in [0.05, 0.1) is 12.1 Å². The summed E-state index contributed by atoms with van der Waals surface area (Å²) < 4.78 is 14.9. The quantitative estimate of drug-likeness (QED) is 0.241. The molecule has 0 aliphatic heterocycles. The summed E-state index contributed by atoms with van der Waals surface area (Å²) in [6, 6.07) is 18.2. The second kappa shape index (κ2) is 9.01. The molecule has 9 heteroatoms. The fraction of sp³-hybridized carbons (Fsp3) is 0.0455. The smallest absolute Gasteiger partial charge is 0.221 e. The fourth-order valence-electron chi connectivity index (χ4n) is 3.10. The molecular weight excluding hydrogens is 458 g/mol. The number of rotatable bonds is 4. The van der Waals surface area contributed by atoms with E-state index in [4.69, 9.17) is 35.4 Å². The summed E-state index contributed by atoms with van der Waals surface area (Å²) in [4.78, 5) is 0. The summed E-state index contributed by atoms with van der Waals surface area (Å²) in [5.74, 6) is -0.423. The molecule has 1 heterocycles. The van der Waals surface area contributed by atoms with Gasteiger partial charge in [0.15, 0.2) is 5.69 Å². The number of aromatic hydroxyl groups is 1.